The minimum atomic E-state index is -0.211. The highest BCUT2D eigenvalue weighted by molar-refractivity contribution is 5.77. The highest BCUT2D eigenvalue weighted by atomic mass is 16.5. The van der Waals surface area contributed by atoms with Gasteiger partial charge in [0, 0.05) is 5.70 Å². The van der Waals surface area contributed by atoms with Crippen LogP contribution in [0.15, 0.2) is 48.5 Å². The summed E-state index contributed by atoms with van der Waals surface area (Å²) in [6.07, 6.45) is 2.06. The van der Waals surface area contributed by atoms with Crippen LogP contribution in [0.4, 0.5) is 5.95 Å². The molecular formula is C18H17N5O2. The number of fused-ring (bicyclic) bond motifs is 1. The summed E-state index contributed by atoms with van der Waals surface area (Å²) in [5, 5.41) is 25.0. The van der Waals surface area contributed by atoms with Gasteiger partial charge in [-0.2, -0.15) is 4.68 Å². The molecule has 0 spiro atoms. The number of nitrogens with zero attached hydrogens (tertiary/aromatic N) is 4. The number of hydrogen-bond donors (Lipinski definition) is 2. The van der Waals surface area contributed by atoms with E-state index in [4.69, 9.17) is 4.74 Å². The van der Waals surface area contributed by atoms with Gasteiger partial charge in [0.1, 0.15) is 6.04 Å². The molecular weight excluding hydrogens is 318 g/mol. The Kier molecular flexibility index (Phi) is 3.61. The average molecular weight is 335 g/mol. The molecule has 0 saturated carbocycles. The molecule has 0 amide bonds. The quantitative estimate of drug-likeness (QED) is 0.765. The van der Waals surface area contributed by atoms with Crippen molar-refractivity contribution in [3.05, 3.63) is 65.2 Å². The standard InChI is InChI=1S/C18H17N5O2/c1-11-3-5-12(6-4-11)14-10-15(23-18(19-14)20-21-22-23)13-7-8-16(24)17(9-13)25-2/h3-10,15,24H,1-2H3,(H,19,20,22)/t15-/m0/s1. The van der Waals surface area contributed by atoms with Gasteiger partial charge in [-0.25, -0.2) is 0 Å². The largest absolute Gasteiger partial charge is 0.504 e. The molecule has 25 heavy (non-hydrogen) atoms. The lowest BCUT2D eigenvalue weighted by Crippen LogP contribution is -2.20. The number of benzene rings is 2. The molecule has 2 aromatic carbocycles. The molecule has 4 rings (SSSR count). The van der Waals surface area contributed by atoms with Crippen molar-refractivity contribution in [2.45, 2.75) is 13.0 Å². The van der Waals surface area contributed by atoms with Crippen molar-refractivity contribution in [2.75, 3.05) is 12.4 Å². The second-order valence-electron chi connectivity index (χ2n) is 5.89. The first-order valence-corrected chi connectivity index (χ1v) is 7.86. The number of allylic oxidation sites excluding steroid dienone is 1. The van der Waals surface area contributed by atoms with Crippen molar-refractivity contribution >= 4 is 11.6 Å². The first kappa shape index (κ1) is 15.2. The predicted molar refractivity (Wildman–Crippen MR) is 93.4 cm³/mol. The summed E-state index contributed by atoms with van der Waals surface area (Å²) in [5.41, 5.74) is 4.09. The molecule has 1 atom stereocenters. The van der Waals surface area contributed by atoms with Crippen LogP contribution in [0.1, 0.15) is 22.7 Å². The first-order chi connectivity index (χ1) is 12.2. The fourth-order valence-electron chi connectivity index (χ4n) is 2.87. The summed E-state index contributed by atoms with van der Waals surface area (Å²) in [5.74, 6) is 1.07. The molecule has 0 radical (unpaired) electrons. The fourth-order valence-corrected chi connectivity index (χ4v) is 2.87. The Balaban J connectivity index is 1.81. The molecule has 0 unspecified atom stereocenters. The summed E-state index contributed by atoms with van der Waals surface area (Å²) in [7, 11) is 1.53. The van der Waals surface area contributed by atoms with Gasteiger partial charge in [-0.15, -0.1) is 0 Å². The molecule has 1 aliphatic heterocycles. The number of aryl methyl sites for hydroxylation is 1. The molecule has 0 fully saturated rings. The summed E-state index contributed by atoms with van der Waals surface area (Å²) < 4.78 is 6.92. The second kappa shape index (κ2) is 5.94. The SMILES string of the molecule is COc1cc([C@@H]2C=C(c3ccc(C)cc3)Nc3nnnn32)ccc1O. The van der Waals surface area contributed by atoms with E-state index in [1.54, 1.807) is 16.8 Å². The molecule has 0 saturated heterocycles. The van der Waals surface area contributed by atoms with E-state index < -0.39 is 0 Å². The van der Waals surface area contributed by atoms with Crippen LogP contribution in [-0.2, 0) is 0 Å². The normalized spacial score (nSPS) is 15.9. The van der Waals surface area contributed by atoms with Gasteiger partial charge in [0.05, 0.1) is 7.11 Å². The van der Waals surface area contributed by atoms with E-state index >= 15 is 0 Å². The van der Waals surface area contributed by atoms with Gasteiger partial charge in [0.15, 0.2) is 11.5 Å². The number of methoxy groups -OCH3 is 1. The molecule has 1 aliphatic rings. The van der Waals surface area contributed by atoms with Crippen molar-refractivity contribution < 1.29 is 9.84 Å². The lowest BCUT2D eigenvalue weighted by atomic mass is 10.0. The van der Waals surface area contributed by atoms with Crippen LogP contribution < -0.4 is 10.1 Å². The maximum absolute atomic E-state index is 9.84. The third-order valence-corrected chi connectivity index (χ3v) is 4.24. The van der Waals surface area contributed by atoms with E-state index in [9.17, 15) is 5.11 Å². The molecule has 3 aromatic rings. The Labute approximate surface area is 144 Å². The lowest BCUT2D eigenvalue weighted by molar-refractivity contribution is 0.372. The zero-order valence-electron chi connectivity index (χ0n) is 13.8. The maximum atomic E-state index is 9.84. The van der Waals surface area contributed by atoms with Crippen molar-refractivity contribution in [1.82, 2.24) is 20.2 Å². The highest BCUT2D eigenvalue weighted by Crippen LogP contribution is 2.35. The van der Waals surface area contributed by atoms with E-state index in [1.807, 2.05) is 6.07 Å². The van der Waals surface area contributed by atoms with Gasteiger partial charge in [0.2, 0.25) is 5.95 Å². The number of aromatic hydroxyl groups is 1. The minimum Gasteiger partial charge on any atom is -0.504 e. The van der Waals surface area contributed by atoms with Crippen molar-refractivity contribution in [3.8, 4) is 11.5 Å². The molecule has 1 aromatic heterocycles. The van der Waals surface area contributed by atoms with Crippen LogP contribution in [0.25, 0.3) is 5.70 Å². The number of aromatic nitrogens is 4. The van der Waals surface area contributed by atoms with Crippen LogP contribution in [0.3, 0.4) is 0 Å². The van der Waals surface area contributed by atoms with Gasteiger partial charge < -0.3 is 15.2 Å². The Hall–Kier alpha value is -3.35. The van der Waals surface area contributed by atoms with Crippen molar-refractivity contribution in [1.29, 1.82) is 0 Å². The van der Waals surface area contributed by atoms with E-state index in [2.05, 4.69) is 58.1 Å². The fraction of sp³-hybridized carbons (Fsp3) is 0.167. The Morgan fingerprint density at radius 1 is 1.16 bits per heavy atom. The van der Waals surface area contributed by atoms with Crippen LogP contribution in [0.5, 0.6) is 11.5 Å². The van der Waals surface area contributed by atoms with Gasteiger partial charge in [-0.1, -0.05) is 41.0 Å². The Bertz CT molecular complexity index is 946. The van der Waals surface area contributed by atoms with E-state index in [0.29, 0.717) is 11.7 Å². The van der Waals surface area contributed by atoms with Crippen LogP contribution >= 0.6 is 0 Å². The summed E-state index contributed by atoms with van der Waals surface area (Å²) in [4.78, 5) is 0. The number of hydrogen-bond acceptors (Lipinski definition) is 6. The molecule has 0 aliphatic carbocycles. The Morgan fingerprint density at radius 2 is 1.96 bits per heavy atom. The third kappa shape index (κ3) is 2.69. The Morgan fingerprint density at radius 3 is 2.72 bits per heavy atom. The minimum absolute atomic E-state index is 0.0971. The van der Waals surface area contributed by atoms with Crippen LogP contribution in [0.2, 0.25) is 0 Å². The van der Waals surface area contributed by atoms with Gasteiger partial charge >= 0.3 is 0 Å². The van der Waals surface area contributed by atoms with E-state index in [1.165, 1.54) is 12.7 Å². The molecule has 126 valence electrons. The van der Waals surface area contributed by atoms with E-state index in [-0.39, 0.29) is 11.8 Å². The molecule has 7 heteroatoms. The smallest absolute Gasteiger partial charge is 0.248 e. The molecule has 2 heterocycles. The van der Waals surface area contributed by atoms with E-state index in [0.717, 1.165) is 16.8 Å². The van der Waals surface area contributed by atoms with Gasteiger partial charge in [-0.05, 0) is 46.7 Å². The topological polar surface area (TPSA) is 85.1 Å². The first-order valence-electron chi connectivity index (χ1n) is 7.86. The summed E-state index contributed by atoms with van der Waals surface area (Å²) in [6.45, 7) is 2.05. The molecule has 0 bridgehead atoms. The molecule has 7 nitrogen and oxygen atoms in total. The monoisotopic (exact) mass is 335 g/mol. The zero-order chi connectivity index (χ0) is 17.4. The highest BCUT2D eigenvalue weighted by Gasteiger charge is 2.25. The number of tetrazole rings is 1. The van der Waals surface area contributed by atoms with Crippen molar-refractivity contribution in [2.24, 2.45) is 0 Å². The number of phenolic OH excluding ortho intramolecular Hbond substituents is 1. The predicted octanol–water partition coefficient (Wildman–Crippen LogP) is 2.75. The summed E-state index contributed by atoms with van der Waals surface area (Å²) in [6, 6.07) is 13.3. The van der Waals surface area contributed by atoms with Crippen molar-refractivity contribution in [3.63, 3.8) is 0 Å². The lowest BCUT2D eigenvalue weighted by Gasteiger charge is -2.24. The zero-order valence-corrected chi connectivity index (χ0v) is 13.8. The number of phenols is 1. The summed E-state index contributed by atoms with van der Waals surface area (Å²) >= 11 is 0. The van der Waals surface area contributed by atoms with Gasteiger partial charge in [0.25, 0.3) is 0 Å². The number of ether oxygens (including phenoxy) is 1. The van der Waals surface area contributed by atoms with Gasteiger partial charge in [-0.3, -0.25) is 0 Å². The number of rotatable bonds is 3. The molecule has 2 N–H and O–H groups in total. The second-order valence-corrected chi connectivity index (χ2v) is 5.89. The maximum Gasteiger partial charge on any atom is 0.248 e. The number of anilines is 1. The third-order valence-electron chi connectivity index (χ3n) is 4.24. The van der Waals surface area contributed by atoms with Crippen LogP contribution in [0, 0.1) is 6.92 Å². The van der Waals surface area contributed by atoms with Crippen LogP contribution in [-0.4, -0.2) is 32.4 Å². The average Bonchev–Trinajstić information content (AvgIpc) is 3.10. The number of nitrogens with one attached hydrogen (secondary N) is 1.